The van der Waals surface area contributed by atoms with Crippen LogP contribution >= 0.6 is 15.9 Å². The predicted molar refractivity (Wildman–Crippen MR) is 93.7 cm³/mol. The van der Waals surface area contributed by atoms with Gasteiger partial charge in [0, 0.05) is 10.2 Å². The topological polar surface area (TPSA) is 64.6 Å². The number of benzene rings is 2. The molecule has 1 N–H and O–H groups in total. The molecule has 0 aromatic heterocycles. The smallest absolute Gasteiger partial charge is 0.265 e. The van der Waals surface area contributed by atoms with Gasteiger partial charge in [-0.05, 0) is 56.3 Å². The lowest BCUT2D eigenvalue weighted by atomic mass is 10.3. The van der Waals surface area contributed by atoms with E-state index in [1.54, 1.807) is 43.3 Å². The zero-order valence-corrected chi connectivity index (χ0v) is 15.3. The molecule has 0 aliphatic heterocycles. The van der Waals surface area contributed by atoms with Gasteiger partial charge in [-0.15, -0.1) is 0 Å². The third-order valence-electron chi connectivity index (χ3n) is 2.91. The van der Waals surface area contributed by atoms with Crippen molar-refractivity contribution in [3.8, 4) is 11.5 Å². The summed E-state index contributed by atoms with van der Waals surface area (Å²) in [5, 5.41) is 0. The molecule has 0 aliphatic carbocycles. The van der Waals surface area contributed by atoms with E-state index >= 15 is 0 Å². The Morgan fingerprint density at radius 3 is 2.26 bits per heavy atom. The number of ether oxygens (including phenoxy) is 2. The highest BCUT2D eigenvalue weighted by atomic mass is 79.9. The summed E-state index contributed by atoms with van der Waals surface area (Å²) in [6, 6.07) is 11.6. The molecule has 23 heavy (non-hydrogen) atoms. The summed E-state index contributed by atoms with van der Waals surface area (Å²) in [6.07, 6.45) is 0. The van der Waals surface area contributed by atoms with Crippen LogP contribution in [0.1, 0.15) is 13.8 Å². The van der Waals surface area contributed by atoms with Crippen molar-refractivity contribution in [2.24, 2.45) is 0 Å². The normalized spacial score (nSPS) is 11.1. The average molecular weight is 400 g/mol. The Hall–Kier alpha value is -1.73. The Labute approximate surface area is 144 Å². The summed E-state index contributed by atoms with van der Waals surface area (Å²) in [5.41, 5.74) is 0.455. The maximum absolute atomic E-state index is 12.6. The highest BCUT2D eigenvalue weighted by Crippen LogP contribution is 2.29. The molecular weight excluding hydrogens is 382 g/mol. The number of hydrogen-bond acceptors (Lipinski definition) is 4. The predicted octanol–water partition coefficient (Wildman–Crippen LogP) is 4.05. The van der Waals surface area contributed by atoms with Gasteiger partial charge in [0.15, 0.2) is 0 Å². The van der Waals surface area contributed by atoms with Gasteiger partial charge in [-0.3, -0.25) is 4.72 Å². The molecule has 0 saturated heterocycles. The molecule has 0 amide bonds. The van der Waals surface area contributed by atoms with E-state index in [0.717, 1.165) is 0 Å². The van der Waals surface area contributed by atoms with Crippen LogP contribution in [0.3, 0.4) is 0 Å². The van der Waals surface area contributed by atoms with Crippen molar-refractivity contribution in [3.05, 3.63) is 46.9 Å². The molecule has 0 aliphatic rings. The SMILES string of the molecule is CCOc1ccc(NS(=O)(=O)c2cc(Br)ccc2OCC)cc1. The number of anilines is 1. The van der Waals surface area contributed by atoms with Crippen LogP contribution < -0.4 is 14.2 Å². The van der Waals surface area contributed by atoms with Gasteiger partial charge in [0.2, 0.25) is 0 Å². The quantitative estimate of drug-likeness (QED) is 0.762. The molecule has 7 heteroatoms. The fraction of sp³-hybridized carbons (Fsp3) is 0.250. The van der Waals surface area contributed by atoms with Gasteiger partial charge >= 0.3 is 0 Å². The Balaban J connectivity index is 2.29. The highest BCUT2D eigenvalue weighted by molar-refractivity contribution is 9.10. The van der Waals surface area contributed by atoms with Crippen molar-refractivity contribution < 1.29 is 17.9 Å². The highest BCUT2D eigenvalue weighted by Gasteiger charge is 2.20. The van der Waals surface area contributed by atoms with Gasteiger partial charge in [0.1, 0.15) is 16.4 Å². The molecule has 0 fully saturated rings. The molecule has 2 aromatic carbocycles. The lowest BCUT2D eigenvalue weighted by Crippen LogP contribution is -2.14. The Morgan fingerprint density at radius 2 is 1.65 bits per heavy atom. The van der Waals surface area contributed by atoms with Gasteiger partial charge in [-0.1, -0.05) is 15.9 Å². The van der Waals surface area contributed by atoms with Crippen LogP contribution in [-0.2, 0) is 10.0 Å². The second kappa shape index (κ2) is 7.70. The van der Waals surface area contributed by atoms with E-state index in [-0.39, 0.29) is 4.90 Å². The molecule has 124 valence electrons. The first-order valence-electron chi connectivity index (χ1n) is 7.14. The van der Waals surface area contributed by atoms with Gasteiger partial charge in [0.25, 0.3) is 10.0 Å². The van der Waals surface area contributed by atoms with Crippen molar-refractivity contribution in [2.75, 3.05) is 17.9 Å². The Bertz CT molecular complexity index is 760. The third-order valence-corrected chi connectivity index (χ3v) is 4.81. The number of hydrogen-bond donors (Lipinski definition) is 1. The van der Waals surface area contributed by atoms with Crippen LogP contribution in [0.15, 0.2) is 51.8 Å². The molecule has 2 rings (SSSR count). The largest absolute Gasteiger partial charge is 0.494 e. The van der Waals surface area contributed by atoms with Gasteiger partial charge in [-0.2, -0.15) is 0 Å². The monoisotopic (exact) mass is 399 g/mol. The zero-order valence-electron chi connectivity index (χ0n) is 12.9. The summed E-state index contributed by atoms with van der Waals surface area (Å²) in [5.74, 6) is 1.00. The minimum Gasteiger partial charge on any atom is -0.494 e. The van der Waals surface area contributed by atoms with Crippen molar-refractivity contribution in [3.63, 3.8) is 0 Å². The summed E-state index contributed by atoms with van der Waals surface area (Å²) in [7, 11) is -3.76. The Kier molecular flexibility index (Phi) is 5.90. The first kappa shape index (κ1) is 17.6. The fourth-order valence-electron chi connectivity index (χ4n) is 1.96. The zero-order chi connectivity index (χ0) is 16.9. The van der Waals surface area contributed by atoms with E-state index in [1.807, 2.05) is 6.92 Å². The summed E-state index contributed by atoms with van der Waals surface area (Å²) >= 11 is 3.29. The first-order chi connectivity index (χ1) is 11.0. The van der Waals surface area contributed by atoms with Crippen molar-refractivity contribution in [1.29, 1.82) is 0 Å². The van der Waals surface area contributed by atoms with E-state index in [4.69, 9.17) is 9.47 Å². The minimum absolute atomic E-state index is 0.0857. The van der Waals surface area contributed by atoms with Crippen LogP contribution in [0, 0.1) is 0 Å². The van der Waals surface area contributed by atoms with Crippen molar-refractivity contribution in [1.82, 2.24) is 0 Å². The van der Waals surface area contributed by atoms with E-state index in [0.29, 0.717) is 34.9 Å². The van der Waals surface area contributed by atoms with E-state index in [1.165, 1.54) is 6.07 Å². The maximum Gasteiger partial charge on any atom is 0.265 e. The van der Waals surface area contributed by atoms with Crippen LogP contribution in [0.25, 0.3) is 0 Å². The molecular formula is C16H18BrNO4S. The summed E-state index contributed by atoms with van der Waals surface area (Å²) in [6.45, 7) is 4.63. The van der Waals surface area contributed by atoms with Crippen molar-refractivity contribution in [2.45, 2.75) is 18.7 Å². The number of halogens is 1. The molecule has 0 atom stereocenters. The molecule has 2 aromatic rings. The molecule has 0 heterocycles. The van der Waals surface area contributed by atoms with Crippen LogP contribution in [0.2, 0.25) is 0 Å². The molecule has 0 bridgehead atoms. The fourth-order valence-corrected chi connectivity index (χ4v) is 3.71. The molecule has 0 unspecified atom stereocenters. The number of nitrogens with one attached hydrogen (secondary N) is 1. The lowest BCUT2D eigenvalue weighted by molar-refractivity contribution is 0.331. The Morgan fingerprint density at radius 1 is 1.00 bits per heavy atom. The molecule has 0 radical (unpaired) electrons. The molecule has 0 saturated carbocycles. The number of sulfonamides is 1. The third kappa shape index (κ3) is 4.62. The van der Waals surface area contributed by atoms with E-state index in [9.17, 15) is 8.42 Å². The van der Waals surface area contributed by atoms with Crippen LogP contribution in [0.5, 0.6) is 11.5 Å². The number of rotatable bonds is 7. The van der Waals surface area contributed by atoms with Gasteiger partial charge in [0.05, 0.1) is 13.2 Å². The molecule has 0 spiro atoms. The van der Waals surface area contributed by atoms with Gasteiger partial charge < -0.3 is 9.47 Å². The van der Waals surface area contributed by atoms with Crippen LogP contribution in [0.4, 0.5) is 5.69 Å². The first-order valence-corrected chi connectivity index (χ1v) is 9.42. The second-order valence-corrected chi connectivity index (χ2v) is 7.15. The van der Waals surface area contributed by atoms with Crippen molar-refractivity contribution >= 4 is 31.6 Å². The van der Waals surface area contributed by atoms with Gasteiger partial charge in [-0.25, -0.2) is 8.42 Å². The molecule has 5 nitrogen and oxygen atoms in total. The minimum atomic E-state index is -3.76. The average Bonchev–Trinajstić information content (AvgIpc) is 2.51. The maximum atomic E-state index is 12.6. The van der Waals surface area contributed by atoms with Crippen LogP contribution in [-0.4, -0.2) is 21.6 Å². The summed E-state index contributed by atoms with van der Waals surface area (Å²) in [4.78, 5) is 0.0857. The second-order valence-electron chi connectivity index (χ2n) is 4.59. The lowest BCUT2D eigenvalue weighted by Gasteiger charge is -2.13. The van der Waals surface area contributed by atoms with E-state index in [2.05, 4.69) is 20.7 Å². The summed E-state index contributed by atoms with van der Waals surface area (Å²) < 4.78 is 39.2. The standard InChI is InChI=1S/C16H18BrNO4S/c1-3-21-14-8-6-13(7-9-14)18-23(19,20)16-11-12(17)5-10-15(16)22-4-2/h5-11,18H,3-4H2,1-2H3. The van der Waals surface area contributed by atoms with E-state index < -0.39 is 10.0 Å².